The zero-order valence-electron chi connectivity index (χ0n) is 17.5. The van der Waals surface area contributed by atoms with Gasteiger partial charge in [0.15, 0.2) is 15.0 Å². The van der Waals surface area contributed by atoms with Crippen molar-refractivity contribution in [1.82, 2.24) is 10.2 Å². The molecule has 2 fully saturated rings. The highest BCUT2D eigenvalue weighted by molar-refractivity contribution is 8.15. The van der Waals surface area contributed by atoms with E-state index in [1.54, 1.807) is 32.7 Å². The van der Waals surface area contributed by atoms with Crippen molar-refractivity contribution in [3.8, 4) is 0 Å². The van der Waals surface area contributed by atoms with E-state index in [-0.39, 0.29) is 29.2 Å². The maximum absolute atomic E-state index is 13.0. The Labute approximate surface area is 181 Å². The summed E-state index contributed by atoms with van der Waals surface area (Å²) in [6, 6.07) is 8.26. The number of thioether (sulfide) groups is 1. The fourth-order valence-electron chi connectivity index (χ4n) is 3.41. The van der Waals surface area contributed by atoms with Gasteiger partial charge < -0.3 is 15.0 Å². The maximum atomic E-state index is 13.0. The molecule has 0 saturated carbocycles. The molecule has 2 aliphatic heterocycles. The van der Waals surface area contributed by atoms with Gasteiger partial charge >= 0.3 is 6.09 Å². The lowest BCUT2D eigenvalue weighted by molar-refractivity contribution is -0.119. The Morgan fingerprint density at radius 3 is 2.53 bits per heavy atom. The van der Waals surface area contributed by atoms with Crippen LogP contribution < -0.4 is 5.32 Å². The van der Waals surface area contributed by atoms with E-state index in [0.717, 1.165) is 5.56 Å². The maximum Gasteiger partial charge on any atom is 0.408 e. The molecule has 164 valence electrons. The van der Waals surface area contributed by atoms with E-state index < -0.39 is 33.5 Å². The van der Waals surface area contributed by atoms with Crippen LogP contribution in [0.1, 0.15) is 26.3 Å². The number of sulfone groups is 1. The number of nitrogens with one attached hydrogen (secondary N) is 1. The molecule has 0 aromatic heterocycles. The third-order valence-electron chi connectivity index (χ3n) is 4.81. The molecule has 0 unspecified atom stereocenters. The van der Waals surface area contributed by atoms with Crippen LogP contribution in [0.25, 0.3) is 0 Å². The minimum Gasteiger partial charge on any atom is -0.444 e. The summed E-state index contributed by atoms with van der Waals surface area (Å²) in [7, 11) is -1.31. The van der Waals surface area contributed by atoms with Gasteiger partial charge in [-0.05, 0) is 26.3 Å². The number of alkyl carbamates (subject to hydrolysis) is 1. The normalized spacial score (nSPS) is 25.1. The summed E-state index contributed by atoms with van der Waals surface area (Å²) in [5.74, 6) is -0.344. The van der Waals surface area contributed by atoms with Crippen LogP contribution in [0.5, 0.6) is 0 Å². The van der Waals surface area contributed by atoms with Crippen LogP contribution in [0.4, 0.5) is 4.79 Å². The Hall–Kier alpha value is -2.07. The van der Waals surface area contributed by atoms with Crippen LogP contribution in [0.3, 0.4) is 0 Å². The molecule has 2 heterocycles. The van der Waals surface area contributed by atoms with Crippen LogP contribution in [0, 0.1) is 0 Å². The van der Waals surface area contributed by atoms with E-state index in [9.17, 15) is 18.0 Å². The van der Waals surface area contributed by atoms with Crippen molar-refractivity contribution >= 4 is 38.8 Å². The Balaban J connectivity index is 1.76. The lowest BCUT2D eigenvalue weighted by Crippen LogP contribution is -2.44. The van der Waals surface area contributed by atoms with Gasteiger partial charge in [0, 0.05) is 18.7 Å². The minimum absolute atomic E-state index is 0.0674. The second-order valence-corrected chi connectivity index (χ2v) is 11.9. The van der Waals surface area contributed by atoms with Gasteiger partial charge in [0.2, 0.25) is 0 Å². The second kappa shape index (κ2) is 8.58. The molecule has 8 nitrogen and oxygen atoms in total. The lowest BCUT2D eigenvalue weighted by Gasteiger charge is -2.23. The van der Waals surface area contributed by atoms with Gasteiger partial charge in [-0.15, -0.1) is 0 Å². The molecule has 0 aliphatic carbocycles. The number of hydrogen-bond acceptors (Lipinski definition) is 6. The van der Waals surface area contributed by atoms with Gasteiger partial charge in [0.25, 0.3) is 5.91 Å². The number of amidine groups is 1. The number of carbonyl (C=O) groups is 2. The SMILES string of the molecule is CN1C(=NC(=O)[C@H](Cc2ccccc2)NC(=O)OC(C)(C)C)S[C@H]2CS(=O)(=O)C[C@H]21. The molecule has 0 bridgehead atoms. The highest BCUT2D eigenvalue weighted by Crippen LogP contribution is 2.37. The second-order valence-electron chi connectivity index (χ2n) is 8.53. The van der Waals surface area contributed by atoms with Crippen molar-refractivity contribution in [3.05, 3.63) is 35.9 Å². The first-order valence-electron chi connectivity index (χ1n) is 9.69. The molecule has 2 saturated heterocycles. The third kappa shape index (κ3) is 5.75. The molecule has 10 heteroatoms. The molecule has 0 spiro atoms. The van der Waals surface area contributed by atoms with E-state index in [1.807, 2.05) is 30.3 Å². The molecule has 2 aliphatic rings. The summed E-state index contributed by atoms with van der Waals surface area (Å²) in [6.07, 6.45) is -0.418. The summed E-state index contributed by atoms with van der Waals surface area (Å²) >= 11 is 1.30. The Bertz CT molecular complexity index is 941. The van der Waals surface area contributed by atoms with Crippen molar-refractivity contribution < 1.29 is 22.7 Å². The van der Waals surface area contributed by atoms with E-state index in [2.05, 4.69) is 10.3 Å². The van der Waals surface area contributed by atoms with E-state index in [4.69, 9.17) is 4.74 Å². The zero-order valence-corrected chi connectivity index (χ0v) is 19.1. The van der Waals surface area contributed by atoms with E-state index >= 15 is 0 Å². The fourth-order valence-corrected chi connectivity index (χ4v) is 7.41. The largest absolute Gasteiger partial charge is 0.444 e. The highest BCUT2D eigenvalue weighted by Gasteiger charge is 2.47. The average molecular weight is 454 g/mol. The Morgan fingerprint density at radius 1 is 1.27 bits per heavy atom. The molecular weight excluding hydrogens is 426 g/mol. The van der Waals surface area contributed by atoms with Gasteiger partial charge in [-0.25, -0.2) is 13.2 Å². The first-order valence-corrected chi connectivity index (χ1v) is 12.4. The number of fused-ring (bicyclic) bond motifs is 1. The van der Waals surface area contributed by atoms with Crippen molar-refractivity contribution in [3.63, 3.8) is 0 Å². The standard InChI is InChI=1S/C20H27N3O5S2/c1-20(2,3)28-19(25)21-14(10-13-8-6-5-7-9-13)17(24)22-18-23(4)15-11-30(26,27)12-16(15)29-18/h5-9,14-16H,10-12H2,1-4H3,(H,21,25)/t14-,15+,16-/m0/s1. The third-order valence-corrected chi connectivity index (χ3v) is 8.11. The number of benzene rings is 1. The summed E-state index contributed by atoms with van der Waals surface area (Å²) in [4.78, 5) is 31.3. The zero-order chi connectivity index (χ0) is 22.1. The van der Waals surface area contributed by atoms with Gasteiger partial charge in [-0.2, -0.15) is 4.99 Å². The van der Waals surface area contributed by atoms with Gasteiger partial charge in [0.05, 0.1) is 17.5 Å². The molecular formula is C20H27N3O5S2. The van der Waals surface area contributed by atoms with Crippen LogP contribution in [0.2, 0.25) is 0 Å². The Morgan fingerprint density at radius 2 is 1.93 bits per heavy atom. The van der Waals surface area contributed by atoms with Crippen molar-refractivity contribution in [2.75, 3.05) is 18.6 Å². The van der Waals surface area contributed by atoms with E-state index in [0.29, 0.717) is 5.17 Å². The van der Waals surface area contributed by atoms with Gasteiger partial charge in [-0.3, -0.25) is 4.79 Å². The summed E-state index contributed by atoms with van der Waals surface area (Å²) < 4.78 is 29.0. The predicted molar refractivity (Wildman–Crippen MR) is 117 cm³/mol. The monoisotopic (exact) mass is 453 g/mol. The number of aliphatic imine (C=N–C) groups is 1. The van der Waals surface area contributed by atoms with E-state index in [1.165, 1.54) is 11.8 Å². The van der Waals surface area contributed by atoms with Crippen LogP contribution in [-0.2, 0) is 25.8 Å². The summed E-state index contributed by atoms with van der Waals surface area (Å²) in [6.45, 7) is 5.24. The fraction of sp³-hybridized carbons (Fsp3) is 0.550. The lowest BCUT2D eigenvalue weighted by atomic mass is 10.1. The van der Waals surface area contributed by atoms with Crippen LogP contribution in [-0.4, -0.2) is 72.0 Å². The minimum atomic E-state index is -3.06. The molecule has 1 aromatic carbocycles. The number of hydrogen-bond donors (Lipinski definition) is 1. The van der Waals surface area contributed by atoms with Crippen molar-refractivity contribution in [1.29, 1.82) is 0 Å². The molecule has 0 radical (unpaired) electrons. The first kappa shape index (κ1) is 22.6. The van der Waals surface area contributed by atoms with Gasteiger partial charge in [0.1, 0.15) is 11.6 Å². The van der Waals surface area contributed by atoms with Crippen molar-refractivity contribution in [2.45, 2.75) is 50.1 Å². The Kier molecular flexibility index (Phi) is 6.47. The summed E-state index contributed by atoms with van der Waals surface area (Å²) in [5, 5.41) is 2.99. The molecule has 3 rings (SSSR count). The average Bonchev–Trinajstić information content (AvgIpc) is 3.06. The molecule has 1 N–H and O–H groups in total. The number of ether oxygens (including phenoxy) is 1. The summed E-state index contributed by atoms with van der Waals surface area (Å²) in [5.41, 5.74) is 0.184. The van der Waals surface area contributed by atoms with Crippen LogP contribution in [0.15, 0.2) is 35.3 Å². The quantitative estimate of drug-likeness (QED) is 0.742. The molecule has 3 atom stereocenters. The number of nitrogens with zero attached hydrogens (tertiary/aromatic N) is 2. The topological polar surface area (TPSA) is 105 Å². The number of rotatable bonds is 4. The highest BCUT2D eigenvalue weighted by atomic mass is 32.2. The predicted octanol–water partition coefficient (Wildman–Crippen LogP) is 1.85. The number of carbonyl (C=O) groups excluding carboxylic acids is 2. The smallest absolute Gasteiger partial charge is 0.408 e. The van der Waals surface area contributed by atoms with Crippen LogP contribution >= 0.6 is 11.8 Å². The number of amides is 2. The molecule has 2 amide bonds. The molecule has 30 heavy (non-hydrogen) atoms. The first-order chi connectivity index (χ1) is 13.9. The van der Waals surface area contributed by atoms with Crippen molar-refractivity contribution in [2.24, 2.45) is 4.99 Å². The molecule has 1 aromatic rings. The van der Waals surface area contributed by atoms with Gasteiger partial charge in [-0.1, -0.05) is 42.1 Å².